The third kappa shape index (κ3) is 4.27. The van der Waals surface area contributed by atoms with Gasteiger partial charge in [0, 0.05) is 19.2 Å². The maximum Gasteiger partial charge on any atom is 0.282 e. The maximum absolute atomic E-state index is 13.7. The molecule has 2 aliphatic rings. The Balaban J connectivity index is 1.77. The molecule has 2 unspecified atom stereocenters. The van der Waals surface area contributed by atoms with E-state index in [0.29, 0.717) is 59.8 Å². The average Bonchev–Trinajstić information content (AvgIpc) is 3.02. The molecule has 1 fully saturated rings. The smallest absolute Gasteiger partial charge is 0.282 e. The Labute approximate surface area is 188 Å². The topological polar surface area (TPSA) is 49.9 Å². The van der Waals surface area contributed by atoms with Gasteiger partial charge < -0.3 is 9.64 Å². The van der Waals surface area contributed by atoms with Gasteiger partial charge in [0.25, 0.3) is 11.8 Å². The molecule has 2 amide bonds. The number of benzene rings is 2. The second-order valence-electron chi connectivity index (χ2n) is 8.87. The van der Waals surface area contributed by atoms with Crippen LogP contribution in [0.3, 0.4) is 0 Å². The van der Waals surface area contributed by atoms with Gasteiger partial charge in [0.05, 0.1) is 17.9 Å². The van der Waals surface area contributed by atoms with E-state index in [1.165, 1.54) is 17.0 Å². The van der Waals surface area contributed by atoms with Gasteiger partial charge in [-0.3, -0.25) is 9.59 Å². The minimum absolute atomic E-state index is 0.330. The maximum atomic E-state index is 13.7. The molecule has 0 spiro atoms. The molecular formula is C26H29FN2O3. The molecule has 2 aromatic rings. The first-order chi connectivity index (χ1) is 15.4. The Morgan fingerprint density at radius 2 is 1.69 bits per heavy atom. The fraction of sp³-hybridized carbons (Fsp3) is 0.385. The largest absolute Gasteiger partial charge is 0.494 e. The molecule has 0 aliphatic carbocycles. The van der Waals surface area contributed by atoms with Crippen LogP contribution < -0.4 is 9.64 Å². The van der Waals surface area contributed by atoms with Crippen molar-refractivity contribution in [3.05, 3.63) is 65.6 Å². The van der Waals surface area contributed by atoms with Crippen molar-refractivity contribution < 1.29 is 18.7 Å². The highest BCUT2D eigenvalue weighted by Crippen LogP contribution is 2.38. The van der Waals surface area contributed by atoms with Crippen molar-refractivity contribution in [3.8, 4) is 5.75 Å². The number of amides is 2. The summed E-state index contributed by atoms with van der Waals surface area (Å²) in [5, 5.41) is 0. The van der Waals surface area contributed by atoms with Crippen LogP contribution in [0.25, 0.3) is 5.57 Å². The summed E-state index contributed by atoms with van der Waals surface area (Å²) < 4.78 is 19.3. The predicted molar refractivity (Wildman–Crippen MR) is 123 cm³/mol. The second kappa shape index (κ2) is 9.15. The minimum atomic E-state index is -0.393. The Hall–Kier alpha value is -3.15. The zero-order valence-electron chi connectivity index (χ0n) is 18.8. The molecule has 2 atom stereocenters. The summed E-state index contributed by atoms with van der Waals surface area (Å²) in [6.07, 6.45) is 1.94. The van der Waals surface area contributed by atoms with Crippen molar-refractivity contribution in [2.24, 2.45) is 11.8 Å². The average molecular weight is 437 g/mol. The molecule has 6 heteroatoms. The lowest BCUT2D eigenvalue weighted by molar-refractivity contribution is -0.120. The van der Waals surface area contributed by atoms with Crippen molar-refractivity contribution in [1.29, 1.82) is 0 Å². The van der Waals surface area contributed by atoms with E-state index in [1.807, 2.05) is 17.9 Å². The molecule has 0 bridgehead atoms. The van der Waals surface area contributed by atoms with Gasteiger partial charge in [-0.25, -0.2) is 9.29 Å². The van der Waals surface area contributed by atoms with E-state index in [0.717, 1.165) is 12.8 Å². The summed E-state index contributed by atoms with van der Waals surface area (Å²) in [6.45, 7) is 8.30. The molecule has 0 saturated carbocycles. The number of hydrogen-bond donors (Lipinski definition) is 0. The van der Waals surface area contributed by atoms with Gasteiger partial charge in [-0.05, 0) is 54.5 Å². The molecule has 32 heavy (non-hydrogen) atoms. The monoisotopic (exact) mass is 436 g/mol. The highest BCUT2D eigenvalue weighted by molar-refractivity contribution is 6.45. The molecule has 2 aromatic carbocycles. The molecule has 0 radical (unpaired) electrons. The lowest BCUT2D eigenvalue weighted by atomic mass is 9.91. The van der Waals surface area contributed by atoms with Gasteiger partial charge in [0.15, 0.2) is 0 Å². The van der Waals surface area contributed by atoms with Crippen molar-refractivity contribution in [1.82, 2.24) is 4.90 Å². The van der Waals surface area contributed by atoms with E-state index < -0.39 is 5.91 Å². The van der Waals surface area contributed by atoms with Crippen LogP contribution in [-0.2, 0) is 9.59 Å². The van der Waals surface area contributed by atoms with Gasteiger partial charge in [-0.15, -0.1) is 0 Å². The third-order valence-electron chi connectivity index (χ3n) is 5.93. The quantitative estimate of drug-likeness (QED) is 0.606. The second-order valence-corrected chi connectivity index (χ2v) is 8.87. The van der Waals surface area contributed by atoms with Crippen molar-refractivity contribution in [3.63, 3.8) is 0 Å². The van der Waals surface area contributed by atoms with E-state index >= 15 is 0 Å². The van der Waals surface area contributed by atoms with E-state index in [9.17, 15) is 14.0 Å². The number of halogens is 1. The lowest BCUT2D eigenvalue weighted by Gasteiger charge is -2.37. The van der Waals surface area contributed by atoms with E-state index in [4.69, 9.17) is 4.74 Å². The number of anilines is 1. The minimum Gasteiger partial charge on any atom is -0.494 e. The molecular weight excluding hydrogens is 407 g/mol. The summed E-state index contributed by atoms with van der Waals surface area (Å²) in [4.78, 5) is 30.6. The van der Waals surface area contributed by atoms with Crippen LogP contribution in [0.1, 0.15) is 39.2 Å². The van der Waals surface area contributed by atoms with Crippen LogP contribution in [0.5, 0.6) is 5.75 Å². The van der Waals surface area contributed by atoms with Gasteiger partial charge in [-0.2, -0.15) is 0 Å². The van der Waals surface area contributed by atoms with Crippen LogP contribution in [0, 0.1) is 17.7 Å². The van der Waals surface area contributed by atoms with E-state index in [1.54, 1.807) is 30.3 Å². The van der Waals surface area contributed by atoms with E-state index in [2.05, 4.69) is 13.8 Å². The molecule has 1 saturated heterocycles. The summed E-state index contributed by atoms with van der Waals surface area (Å²) in [7, 11) is 0. The van der Waals surface area contributed by atoms with Crippen molar-refractivity contribution in [2.45, 2.75) is 33.6 Å². The Morgan fingerprint density at radius 1 is 1.00 bits per heavy atom. The fourth-order valence-corrected chi connectivity index (χ4v) is 4.70. The number of ether oxygens (including phenoxy) is 1. The van der Waals surface area contributed by atoms with Crippen LogP contribution in [0.2, 0.25) is 0 Å². The molecule has 4 rings (SSSR count). The predicted octanol–water partition coefficient (Wildman–Crippen LogP) is 4.88. The van der Waals surface area contributed by atoms with E-state index in [-0.39, 0.29) is 11.7 Å². The van der Waals surface area contributed by atoms with Crippen molar-refractivity contribution >= 4 is 23.1 Å². The SMILES string of the molecule is CCCOc1cccc(N2C(=O)C(c3ccc(F)cc3)=C(N3CC(C)CC(C)C3)C2=O)c1. The lowest BCUT2D eigenvalue weighted by Crippen LogP contribution is -2.42. The summed E-state index contributed by atoms with van der Waals surface area (Å²) in [5.41, 5.74) is 1.75. The van der Waals surface area contributed by atoms with Gasteiger partial charge in [-0.1, -0.05) is 39.0 Å². The number of rotatable bonds is 6. The number of carbonyl (C=O) groups is 2. The van der Waals surface area contributed by atoms with Crippen LogP contribution in [0.15, 0.2) is 54.2 Å². The highest BCUT2D eigenvalue weighted by atomic mass is 19.1. The van der Waals surface area contributed by atoms with Crippen LogP contribution >= 0.6 is 0 Å². The highest BCUT2D eigenvalue weighted by Gasteiger charge is 2.43. The Bertz CT molecular complexity index is 1040. The number of imide groups is 1. The molecule has 0 aromatic heterocycles. The first kappa shape index (κ1) is 22.1. The number of hydrogen-bond acceptors (Lipinski definition) is 4. The van der Waals surface area contributed by atoms with Gasteiger partial charge in [0.1, 0.15) is 17.3 Å². The standard InChI is InChI=1S/C26H29FN2O3/c1-4-12-32-22-7-5-6-21(14-22)29-25(30)23(19-8-10-20(27)11-9-19)24(26(29)31)28-15-17(2)13-18(3)16-28/h5-11,14,17-18H,4,12-13,15-16H2,1-3H3. The Morgan fingerprint density at radius 3 is 2.34 bits per heavy atom. The summed E-state index contributed by atoms with van der Waals surface area (Å²) in [5.74, 6) is 0.303. The van der Waals surface area contributed by atoms with Crippen LogP contribution in [-0.4, -0.2) is 36.4 Å². The number of likely N-dealkylation sites (tertiary alicyclic amines) is 1. The first-order valence-corrected chi connectivity index (χ1v) is 11.3. The molecule has 5 nitrogen and oxygen atoms in total. The molecule has 2 aliphatic heterocycles. The fourth-order valence-electron chi connectivity index (χ4n) is 4.70. The zero-order valence-corrected chi connectivity index (χ0v) is 18.8. The Kier molecular flexibility index (Phi) is 6.31. The zero-order chi connectivity index (χ0) is 22.8. The van der Waals surface area contributed by atoms with Gasteiger partial charge in [0.2, 0.25) is 0 Å². The third-order valence-corrected chi connectivity index (χ3v) is 5.93. The normalized spacial score (nSPS) is 21.5. The molecule has 168 valence electrons. The number of carbonyl (C=O) groups excluding carboxylic acids is 2. The van der Waals surface area contributed by atoms with Crippen molar-refractivity contribution in [2.75, 3.05) is 24.6 Å². The van der Waals surface area contributed by atoms with Gasteiger partial charge >= 0.3 is 0 Å². The van der Waals surface area contributed by atoms with Crippen LogP contribution in [0.4, 0.5) is 10.1 Å². The number of nitrogens with zero attached hydrogens (tertiary/aromatic N) is 2. The summed E-state index contributed by atoms with van der Waals surface area (Å²) >= 11 is 0. The first-order valence-electron chi connectivity index (χ1n) is 11.3. The number of piperidine rings is 1. The molecule has 2 heterocycles. The summed E-state index contributed by atoms with van der Waals surface area (Å²) in [6, 6.07) is 12.8. The molecule has 0 N–H and O–H groups in total.